The number of nitrogens with zero attached hydrogens (tertiary/aromatic N) is 4. The minimum atomic E-state index is -0.269. The first-order valence-corrected chi connectivity index (χ1v) is 9.12. The predicted octanol–water partition coefficient (Wildman–Crippen LogP) is 0.807. The molecule has 1 aliphatic heterocycles. The number of hydrogen-bond donors (Lipinski definition) is 2. The van der Waals surface area contributed by atoms with Crippen LogP contribution in [0.4, 0.5) is 5.82 Å². The predicted molar refractivity (Wildman–Crippen MR) is 95.0 cm³/mol. The van der Waals surface area contributed by atoms with Gasteiger partial charge in [-0.25, -0.2) is 19.3 Å². The summed E-state index contributed by atoms with van der Waals surface area (Å²) in [5.41, 5.74) is 1.32. The lowest BCUT2D eigenvalue weighted by Gasteiger charge is -2.33. The van der Waals surface area contributed by atoms with Crippen LogP contribution in [0.3, 0.4) is 0 Å². The normalized spacial score (nSPS) is 15.6. The second-order valence-corrected chi connectivity index (χ2v) is 6.89. The standard InChI is InChI=1S/C16H18N6O2S/c23-13(9-11-3-8-25-10-11)18-12-1-5-21(6-2-12)14-15-19-20-16(24)22(15)7-4-17-14/h3-4,7-8,10,12H,1-2,5-6,9H2,(H,18,23)(H,20,24). The lowest BCUT2D eigenvalue weighted by Crippen LogP contribution is -2.45. The minimum absolute atomic E-state index is 0.0657. The molecule has 4 heterocycles. The Morgan fingerprint density at radius 1 is 1.40 bits per heavy atom. The summed E-state index contributed by atoms with van der Waals surface area (Å²) in [6.45, 7) is 1.52. The molecule has 0 radical (unpaired) electrons. The van der Waals surface area contributed by atoms with Crippen LogP contribution in [0.15, 0.2) is 34.0 Å². The maximum absolute atomic E-state index is 12.1. The number of aromatic amines is 1. The van der Waals surface area contributed by atoms with Gasteiger partial charge in [-0.15, -0.1) is 5.10 Å². The summed E-state index contributed by atoms with van der Waals surface area (Å²) in [5, 5.41) is 13.6. The maximum Gasteiger partial charge on any atom is 0.347 e. The third-order valence-corrected chi connectivity index (χ3v) is 5.15. The Balaban J connectivity index is 1.38. The Morgan fingerprint density at radius 3 is 3.00 bits per heavy atom. The summed E-state index contributed by atoms with van der Waals surface area (Å²) in [7, 11) is 0. The topological polar surface area (TPSA) is 95.4 Å². The van der Waals surface area contributed by atoms with Crippen LogP contribution in [0.25, 0.3) is 5.65 Å². The highest BCUT2D eigenvalue weighted by atomic mass is 32.1. The molecule has 1 amide bonds. The molecule has 0 aliphatic carbocycles. The van der Waals surface area contributed by atoms with Gasteiger partial charge in [-0.1, -0.05) is 0 Å². The number of amides is 1. The number of thiophene rings is 1. The number of carbonyl (C=O) groups is 1. The number of fused-ring (bicyclic) bond motifs is 1. The highest BCUT2D eigenvalue weighted by Gasteiger charge is 2.23. The fourth-order valence-electron chi connectivity index (χ4n) is 3.15. The van der Waals surface area contributed by atoms with Crippen molar-refractivity contribution in [1.29, 1.82) is 0 Å². The van der Waals surface area contributed by atoms with Crippen LogP contribution in [-0.2, 0) is 11.2 Å². The smallest absolute Gasteiger partial charge is 0.347 e. The Labute approximate surface area is 147 Å². The van der Waals surface area contributed by atoms with Crippen molar-refractivity contribution in [2.24, 2.45) is 0 Å². The van der Waals surface area contributed by atoms with Gasteiger partial charge in [0.05, 0.1) is 6.42 Å². The van der Waals surface area contributed by atoms with E-state index in [1.165, 1.54) is 4.40 Å². The number of piperidine rings is 1. The average Bonchev–Trinajstić information content (AvgIpc) is 3.26. The van der Waals surface area contributed by atoms with Gasteiger partial charge in [0.1, 0.15) is 0 Å². The molecule has 3 aromatic heterocycles. The molecule has 0 bridgehead atoms. The van der Waals surface area contributed by atoms with Crippen LogP contribution in [0.1, 0.15) is 18.4 Å². The zero-order valence-electron chi connectivity index (χ0n) is 13.5. The summed E-state index contributed by atoms with van der Waals surface area (Å²) in [6.07, 6.45) is 5.32. The van der Waals surface area contributed by atoms with Gasteiger partial charge in [0, 0.05) is 31.5 Å². The van der Waals surface area contributed by atoms with Crippen LogP contribution in [0.2, 0.25) is 0 Å². The highest BCUT2D eigenvalue weighted by molar-refractivity contribution is 7.08. The molecule has 0 unspecified atom stereocenters. The number of H-pyrrole nitrogens is 1. The van der Waals surface area contributed by atoms with Gasteiger partial charge in [0.15, 0.2) is 5.82 Å². The molecule has 0 atom stereocenters. The Hall–Kier alpha value is -2.68. The number of hydrogen-bond acceptors (Lipinski definition) is 6. The molecule has 3 aromatic rings. The molecule has 9 heteroatoms. The lowest BCUT2D eigenvalue weighted by molar-refractivity contribution is -0.121. The van der Waals surface area contributed by atoms with E-state index in [2.05, 4.69) is 25.4 Å². The van der Waals surface area contributed by atoms with Crippen molar-refractivity contribution in [2.45, 2.75) is 25.3 Å². The molecular weight excluding hydrogens is 340 g/mol. The van der Waals surface area contributed by atoms with E-state index >= 15 is 0 Å². The van der Waals surface area contributed by atoms with Crippen LogP contribution in [0.5, 0.6) is 0 Å². The maximum atomic E-state index is 12.1. The van der Waals surface area contributed by atoms with Gasteiger partial charge in [0.2, 0.25) is 11.6 Å². The van der Waals surface area contributed by atoms with Crippen LogP contribution >= 0.6 is 11.3 Å². The third kappa shape index (κ3) is 3.27. The van der Waals surface area contributed by atoms with E-state index in [1.807, 2.05) is 16.8 Å². The fourth-order valence-corrected chi connectivity index (χ4v) is 3.81. The van der Waals surface area contributed by atoms with Crippen molar-refractivity contribution in [2.75, 3.05) is 18.0 Å². The number of nitrogens with one attached hydrogen (secondary N) is 2. The van der Waals surface area contributed by atoms with E-state index in [4.69, 9.17) is 0 Å². The van der Waals surface area contributed by atoms with Crippen molar-refractivity contribution in [3.05, 3.63) is 45.3 Å². The van der Waals surface area contributed by atoms with E-state index in [0.717, 1.165) is 31.5 Å². The second kappa shape index (κ2) is 6.67. The van der Waals surface area contributed by atoms with Gasteiger partial charge in [0.25, 0.3) is 0 Å². The first-order valence-electron chi connectivity index (χ1n) is 8.18. The van der Waals surface area contributed by atoms with E-state index in [0.29, 0.717) is 17.9 Å². The van der Waals surface area contributed by atoms with E-state index < -0.39 is 0 Å². The van der Waals surface area contributed by atoms with Gasteiger partial charge < -0.3 is 10.2 Å². The summed E-state index contributed by atoms with van der Waals surface area (Å²) in [4.78, 5) is 30.3. The van der Waals surface area contributed by atoms with Crippen LogP contribution in [0, 0.1) is 0 Å². The molecule has 4 rings (SSSR count). The average molecular weight is 358 g/mol. The van der Waals surface area contributed by atoms with Crippen molar-refractivity contribution in [3.8, 4) is 0 Å². The molecule has 0 spiro atoms. The molecule has 2 N–H and O–H groups in total. The van der Waals surface area contributed by atoms with Gasteiger partial charge in [-0.05, 0) is 35.2 Å². The van der Waals surface area contributed by atoms with Crippen molar-refractivity contribution in [1.82, 2.24) is 24.9 Å². The molecule has 25 heavy (non-hydrogen) atoms. The number of carbonyl (C=O) groups excluding carboxylic acids is 1. The fraction of sp³-hybridized carbons (Fsp3) is 0.375. The number of rotatable bonds is 4. The zero-order valence-corrected chi connectivity index (χ0v) is 14.3. The molecular formula is C16H18N6O2S. The summed E-state index contributed by atoms with van der Waals surface area (Å²) in [5.74, 6) is 0.764. The van der Waals surface area contributed by atoms with Crippen molar-refractivity contribution < 1.29 is 4.79 Å². The minimum Gasteiger partial charge on any atom is -0.353 e. The molecule has 8 nitrogen and oxygen atoms in total. The van der Waals surface area contributed by atoms with Crippen LogP contribution < -0.4 is 15.9 Å². The molecule has 0 aromatic carbocycles. The van der Waals surface area contributed by atoms with E-state index in [1.54, 1.807) is 23.7 Å². The highest BCUT2D eigenvalue weighted by Crippen LogP contribution is 2.20. The van der Waals surface area contributed by atoms with Gasteiger partial charge >= 0.3 is 5.69 Å². The summed E-state index contributed by atoms with van der Waals surface area (Å²) >= 11 is 1.60. The summed E-state index contributed by atoms with van der Waals surface area (Å²) in [6, 6.07) is 2.15. The zero-order chi connectivity index (χ0) is 17.2. The largest absolute Gasteiger partial charge is 0.353 e. The first-order chi connectivity index (χ1) is 12.2. The molecule has 1 fully saturated rings. The van der Waals surface area contributed by atoms with E-state index in [9.17, 15) is 9.59 Å². The number of anilines is 1. The monoisotopic (exact) mass is 358 g/mol. The second-order valence-electron chi connectivity index (χ2n) is 6.11. The third-order valence-electron chi connectivity index (χ3n) is 4.42. The Kier molecular flexibility index (Phi) is 4.22. The molecule has 1 saturated heterocycles. The van der Waals surface area contributed by atoms with Gasteiger partial charge in [-0.3, -0.25) is 4.79 Å². The van der Waals surface area contributed by atoms with Crippen LogP contribution in [-0.4, -0.2) is 44.6 Å². The van der Waals surface area contributed by atoms with Crippen molar-refractivity contribution in [3.63, 3.8) is 0 Å². The lowest BCUT2D eigenvalue weighted by atomic mass is 10.0. The Bertz CT molecular complexity index is 924. The quantitative estimate of drug-likeness (QED) is 0.719. The van der Waals surface area contributed by atoms with Crippen molar-refractivity contribution >= 4 is 28.7 Å². The molecule has 130 valence electrons. The first kappa shape index (κ1) is 15.8. The summed E-state index contributed by atoms with van der Waals surface area (Å²) < 4.78 is 1.46. The van der Waals surface area contributed by atoms with E-state index in [-0.39, 0.29) is 17.6 Å². The number of aromatic nitrogens is 4. The molecule has 1 aliphatic rings. The SMILES string of the molecule is O=C(Cc1ccsc1)NC1CCN(c2nccn3c(=O)[nH]nc23)CC1. The Morgan fingerprint density at radius 2 is 2.24 bits per heavy atom. The van der Waals surface area contributed by atoms with Gasteiger partial charge in [-0.2, -0.15) is 11.3 Å². The molecule has 0 saturated carbocycles.